The lowest BCUT2D eigenvalue weighted by Gasteiger charge is -2.18. The van der Waals surface area contributed by atoms with Crippen LogP contribution in [0.2, 0.25) is 0 Å². The summed E-state index contributed by atoms with van der Waals surface area (Å²) >= 11 is 0. The number of hydrogen-bond donors (Lipinski definition) is 2. The first-order chi connectivity index (χ1) is 8.00. The zero-order valence-electron chi connectivity index (χ0n) is 9.84. The summed E-state index contributed by atoms with van der Waals surface area (Å²) in [5.74, 6) is -0.252. The normalized spacial score (nSPS) is 11.9. The molecule has 1 unspecified atom stereocenters. The third kappa shape index (κ3) is 4.14. The van der Waals surface area contributed by atoms with Crippen LogP contribution in [0.25, 0.3) is 0 Å². The first-order valence-corrected chi connectivity index (χ1v) is 5.33. The van der Waals surface area contributed by atoms with Crippen molar-refractivity contribution in [2.45, 2.75) is 19.9 Å². The molecule has 1 atom stereocenters. The second-order valence-corrected chi connectivity index (χ2v) is 3.97. The van der Waals surface area contributed by atoms with Crippen LogP contribution in [0, 0.1) is 5.92 Å². The third-order valence-corrected chi connectivity index (χ3v) is 2.20. The molecule has 1 rings (SSSR count). The number of rotatable bonds is 4. The average molecular weight is 236 g/mol. The Bertz CT molecular complexity index is 390. The highest BCUT2D eigenvalue weighted by molar-refractivity contribution is 5.84. The summed E-state index contributed by atoms with van der Waals surface area (Å²) in [5.41, 5.74) is 5.17. The molecular formula is C12H16N2O3. The van der Waals surface area contributed by atoms with Crippen molar-refractivity contribution in [3.63, 3.8) is 0 Å². The maximum Gasteiger partial charge on any atom is 0.413 e. The van der Waals surface area contributed by atoms with E-state index in [0.29, 0.717) is 5.75 Å². The van der Waals surface area contributed by atoms with Crippen molar-refractivity contribution < 1.29 is 14.3 Å². The van der Waals surface area contributed by atoms with Gasteiger partial charge in [-0.05, 0) is 18.1 Å². The molecule has 0 aromatic heterocycles. The minimum Gasteiger partial charge on any atom is -0.410 e. The van der Waals surface area contributed by atoms with Crippen LogP contribution in [0.1, 0.15) is 13.8 Å². The van der Waals surface area contributed by atoms with Crippen molar-refractivity contribution in [3.8, 4) is 5.75 Å². The average Bonchev–Trinajstić information content (AvgIpc) is 2.26. The Kier molecular flexibility index (Phi) is 4.51. The summed E-state index contributed by atoms with van der Waals surface area (Å²) in [4.78, 5) is 22.6. The van der Waals surface area contributed by atoms with Crippen LogP contribution in [-0.4, -0.2) is 18.0 Å². The fourth-order valence-electron chi connectivity index (χ4n) is 1.32. The van der Waals surface area contributed by atoms with E-state index >= 15 is 0 Å². The minimum atomic E-state index is -0.730. The van der Waals surface area contributed by atoms with Crippen molar-refractivity contribution in [1.82, 2.24) is 5.32 Å². The maximum atomic E-state index is 11.5. The predicted molar refractivity (Wildman–Crippen MR) is 63.4 cm³/mol. The van der Waals surface area contributed by atoms with Crippen LogP contribution in [0.3, 0.4) is 0 Å². The van der Waals surface area contributed by atoms with Crippen molar-refractivity contribution in [1.29, 1.82) is 0 Å². The molecule has 0 saturated carbocycles. The fraction of sp³-hybridized carbons (Fsp3) is 0.333. The van der Waals surface area contributed by atoms with Gasteiger partial charge in [0.15, 0.2) is 0 Å². The molecule has 5 nitrogen and oxygen atoms in total. The van der Waals surface area contributed by atoms with Crippen molar-refractivity contribution in [2.24, 2.45) is 11.7 Å². The standard InChI is InChI=1S/C12H16N2O3/c1-8(2)10(11(13)15)14-12(16)17-9-6-4-3-5-7-9/h3-8,10H,1-2H3,(H2,13,15)(H,14,16). The quantitative estimate of drug-likeness (QED) is 0.826. The van der Waals surface area contributed by atoms with Gasteiger partial charge in [0.1, 0.15) is 11.8 Å². The highest BCUT2D eigenvalue weighted by Gasteiger charge is 2.22. The van der Waals surface area contributed by atoms with Gasteiger partial charge in [-0.15, -0.1) is 0 Å². The van der Waals surface area contributed by atoms with Gasteiger partial charge in [0.2, 0.25) is 5.91 Å². The van der Waals surface area contributed by atoms with E-state index in [2.05, 4.69) is 5.32 Å². The molecule has 0 aliphatic carbocycles. The largest absolute Gasteiger partial charge is 0.413 e. The Morgan fingerprint density at radius 3 is 2.29 bits per heavy atom. The Morgan fingerprint density at radius 2 is 1.82 bits per heavy atom. The topological polar surface area (TPSA) is 81.4 Å². The number of amides is 2. The second-order valence-electron chi connectivity index (χ2n) is 3.97. The van der Waals surface area contributed by atoms with E-state index in [1.54, 1.807) is 38.1 Å². The van der Waals surface area contributed by atoms with Crippen LogP contribution in [0.15, 0.2) is 30.3 Å². The van der Waals surface area contributed by atoms with E-state index in [-0.39, 0.29) is 5.92 Å². The molecule has 2 amide bonds. The molecule has 92 valence electrons. The van der Waals surface area contributed by atoms with Gasteiger partial charge in [-0.1, -0.05) is 32.0 Å². The number of hydrogen-bond acceptors (Lipinski definition) is 3. The van der Waals surface area contributed by atoms with Crippen LogP contribution >= 0.6 is 0 Å². The monoisotopic (exact) mass is 236 g/mol. The molecule has 0 aliphatic rings. The summed E-state index contributed by atoms with van der Waals surface area (Å²) in [6.45, 7) is 3.58. The summed E-state index contributed by atoms with van der Waals surface area (Å²) in [6.07, 6.45) is -0.686. The zero-order valence-corrected chi connectivity index (χ0v) is 9.84. The molecule has 5 heteroatoms. The molecule has 1 aromatic rings. The molecule has 0 radical (unpaired) electrons. The Morgan fingerprint density at radius 1 is 1.24 bits per heavy atom. The van der Waals surface area contributed by atoms with E-state index in [1.165, 1.54) is 0 Å². The minimum absolute atomic E-state index is 0.0872. The molecule has 17 heavy (non-hydrogen) atoms. The number of nitrogens with one attached hydrogen (secondary N) is 1. The predicted octanol–water partition coefficient (Wildman–Crippen LogP) is 1.28. The van der Waals surface area contributed by atoms with Gasteiger partial charge in [0.05, 0.1) is 0 Å². The highest BCUT2D eigenvalue weighted by atomic mass is 16.6. The Hall–Kier alpha value is -2.04. The molecule has 0 spiro atoms. The molecular weight excluding hydrogens is 220 g/mol. The fourth-order valence-corrected chi connectivity index (χ4v) is 1.32. The summed E-state index contributed by atoms with van der Waals surface area (Å²) in [6, 6.07) is 7.87. The molecule has 0 heterocycles. The van der Waals surface area contributed by atoms with Crippen molar-refractivity contribution in [2.75, 3.05) is 0 Å². The first-order valence-electron chi connectivity index (χ1n) is 5.33. The molecule has 3 N–H and O–H groups in total. The smallest absolute Gasteiger partial charge is 0.410 e. The zero-order chi connectivity index (χ0) is 12.8. The van der Waals surface area contributed by atoms with Crippen molar-refractivity contribution in [3.05, 3.63) is 30.3 Å². The van der Waals surface area contributed by atoms with Gasteiger partial charge in [-0.2, -0.15) is 0 Å². The molecule has 0 bridgehead atoms. The molecule has 0 fully saturated rings. The van der Waals surface area contributed by atoms with Gasteiger partial charge in [-0.3, -0.25) is 4.79 Å². The van der Waals surface area contributed by atoms with E-state index in [9.17, 15) is 9.59 Å². The van der Waals surface area contributed by atoms with Gasteiger partial charge in [0.25, 0.3) is 0 Å². The summed E-state index contributed by atoms with van der Waals surface area (Å²) in [7, 11) is 0. The maximum absolute atomic E-state index is 11.5. The third-order valence-electron chi connectivity index (χ3n) is 2.20. The number of carbonyl (C=O) groups is 2. The van der Waals surface area contributed by atoms with Crippen LogP contribution in [0.4, 0.5) is 4.79 Å². The summed E-state index contributed by atoms with van der Waals surface area (Å²) in [5, 5.41) is 2.43. The van der Waals surface area contributed by atoms with E-state index in [0.717, 1.165) is 0 Å². The first kappa shape index (κ1) is 13.0. The van der Waals surface area contributed by atoms with Crippen molar-refractivity contribution >= 4 is 12.0 Å². The van der Waals surface area contributed by atoms with Crippen LogP contribution < -0.4 is 15.8 Å². The Balaban J connectivity index is 2.57. The number of ether oxygens (including phenoxy) is 1. The molecule has 0 saturated heterocycles. The summed E-state index contributed by atoms with van der Waals surface area (Å²) < 4.78 is 4.99. The lowest BCUT2D eigenvalue weighted by Crippen LogP contribution is -2.48. The number of primary amides is 1. The highest BCUT2D eigenvalue weighted by Crippen LogP contribution is 2.09. The number of benzene rings is 1. The number of carbonyl (C=O) groups excluding carboxylic acids is 2. The Labute approximate surface area is 99.9 Å². The second kappa shape index (κ2) is 5.89. The van der Waals surface area contributed by atoms with Gasteiger partial charge in [0, 0.05) is 0 Å². The van der Waals surface area contributed by atoms with Crippen LogP contribution in [0.5, 0.6) is 5.75 Å². The molecule has 0 aliphatic heterocycles. The lowest BCUT2D eigenvalue weighted by atomic mass is 10.0. The molecule has 1 aromatic carbocycles. The van der Waals surface area contributed by atoms with Crippen LogP contribution in [-0.2, 0) is 4.79 Å². The van der Waals surface area contributed by atoms with E-state index < -0.39 is 18.0 Å². The number of para-hydroxylation sites is 1. The lowest BCUT2D eigenvalue weighted by molar-refractivity contribution is -0.120. The van der Waals surface area contributed by atoms with Gasteiger partial charge in [-0.25, -0.2) is 4.79 Å². The SMILES string of the molecule is CC(C)C(NC(=O)Oc1ccccc1)C(N)=O. The van der Waals surface area contributed by atoms with E-state index in [4.69, 9.17) is 10.5 Å². The van der Waals surface area contributed by atoms with Gasteiger partial charge >= 0.3 is 6.09 Å². The van der Waals surface area contributed by atoms with E-state index in [1.807, 2.05) is 6.07 Å². The number of nitrogens with two attached hydrogens (primary N) is 1. The van der Waals surface area contributed by atoms with Gasteiger partial charge < -0.3 is 15.8 Å².